The molecule has 0 aliphatic heterocycles. The average Bonchev–Trinajstić information content (AvgIpc) is 2.76. The summed E-state index contributed by atoms with van der Waals surface area (Å²) in [4.78, 5) is 11.4. The quantitative estimate of drug-likeness (QED) is 0.801. The predicted octanol–water partition coefficient (Wildman–Crippen LogP) is 1.68. The van der Waals surface area contributed by atoms with E-state index in [0.717, 1.165) is 16.0 Å². The number of hydrogen-bond acceptors (Lipinski definition) is 5. The van der Waals surface area contributed by atoms with Gasteiger partial charge in [0.1, 0.15) is 17.0 Å². The van der Waals surface area contributed by atoms with Crippen molar-refractivity contribution < 1.29 is 5.11 Å². The van der Waals surface area contributed by atoms with Crippen LogP contribution >= 0.6 is 11.3 Å². The highest BCUT2D eigenvalue weighted by Crippen LogP contribution is 2.26. The maximum atomic E-state index is 9.03. The summed E-state index contributed by atoms with van der Waals surface area (Å²) in [6.45, 7) is 5.03. The summed E-state index contributed by atoms with van der Waals surface area (Å²) in [5, 5.41) is 12.1. The number of rotatable bonds is 5. The SMILES string of the molecule is C=CCN(CCO)c1ncnc2sccc12. The number of hydrogen-bond donors (Lipinski definition) is 1. The first-order valence-electron chi connectivity index (χ1n) is 5.01. The lowest BCUT2D eigenvalue weighted by molar-refractivity contribution is 0.303. The molecule has 2 aromatic rings. The smallest absolute Gasteiger partial charge is 0.141 e. The van der Waals surface area contributed by atoms with Crippen LogP contribution in [-0.2, 0) is 0 Å². The van der Waals surface area contributed by atoms with Gasteiger partial charge in [-0.2, -0.15) is 0 Å². The van der Waals surface area contributed by atoms with Crippen LogP contribution in [0.5, 0.6) is 0 Å². The molecule has 0 aliphatic carbocycles. The van der Waals surface area contributed by atoms with Crippen LogP contribution in [-0.4, -0.2) is 34.8 Å². The molecule has 0 radical (unpaired) electrons. The summed E-state index contributed by atoms with van der Waals surface area (Å²) in [7, 11) is 0. The number of aromatic nitrogens is 2. The fourth-order valence-corrected chi connectivity index (χ4v) is 2.32. The molecule has 0 fully saturated rings. The van der Waals surface area contributed by atoms with Gasteiger partial charge in [-0.15, -0.1) is 17.9 Å². The number of thiophene rings is 1. The molecule has 16 heavy (non-hydrogen) atoms. The van der Waals surface area contributed by atoms with E-state index in [1.165, 1.54) is 0 Å². The van der Waals surface area contributed by atoms with Crippen LogP contribution in [0.1, 0.15) is 0 Å². The molecule has 0 aliphatic rings. The number of fused-ring (bicyclic) bond motifs is 1. The van der Waals surface area contributed by atoms with E-state index >= 15 is 0 Å². The van der Waals surface area contributed by atoms with Crippen molar-refractivity contribution in [3.05, 3.63) is 30.4 Å². The van der Waals surface area contributed by atoms with Crippen LogP contribution in [0.15, 0.2) is 30.4 Å². The van der Waals surface area contributed by atoms with Gasteiger partial charge in [-0.1, -0.05) is 6.08 Å². The highest BCUT2D eigenvalue weighted by atomic mass is 32.1. The van der Waals surface area contributed by atoms with Crippen LogP contribution in [0.4, 0.5) is 5.82 Å². The van der Waals surface area contributed by atoms with Gasteiger partial charge < -0.3 is 10.0 Å². The lowest BCUT2D eigenvalue weighted by Gasteiger charge is -2.21. The standard InChI is InChI=1S/C11H13N3OS/c1-2-4-14(5-6-15)10-9-3-7-16-11(9)13-8-12-10/h2-3,7-8,15H,1,4-6H2. The number of nitrogens with zero attached hydrogens (tertiary/aromatic N) is 3. The maximum Gasteiger partial charge on any atom is 0.141 e. The van der Waals surface area contributed by atoms with Crippen LogP contribution in [0.2, 0.25) is 0 Å². The Morgan fingerprint density at radius 3 is 3.12 bits per heavy atom. The molecule has 0 atom stereocenters. The first kappa shape index (κ1) is 11.0. The van der Waals surface area contributed by atoms with Gasteiger partial charge in [0.15, 0.2) is 0 Å². The van der Waals surface area contributed by atoms with E-state index in [9.17, 15) is 0 Å². The molecule has 0 aromatic carbocycles. The Labute approximate surface area is 97.9 Å². The Hall–Kier alpha value is -1.46. The zero-order valence-electron chi connectivity index (χ0n) is 8.83. The van der Waals surface area contributed by atoms with Crippen molar-refractivity contribution in [2.24, 2.45) is 0 Å². The van der Waals surface area contributed by atoms with Crippen LogP contribution < -0.4 is 4.90 Å². The molecule has 2 rings (SSSR count). The molecule has 2 heterocycles. The van der Waals surface area contributed by atoms with Crippen molar-refractivity contribution in [2.75, 3.05) is 24.6 Å². The zero-order valence-corrected chi connectivity index (χ0v) is 9.65. The molecule has 0 unspecified atom stereocenters. The van der Waals surface area contributed by atoms with E-state index in [0.29, 0.717) is 13.1 Å². The molecule has 0 amide bonds. The molecule has 5 heteroatoms. The summed E-state index contributed by atoms with van der Waals surface area (Å²) in [5.74, 6) is 0.861. The predicted molar refractivity (Wildman–Crippen MR) is 66.9 cm³/mol. The summed E-state index contributed by atoms with van der Waals surface area (Å²) in [6, 6.07) is 2.00. The molecule has 0 spiro atoms. The number of anilines is 1. The van der Waals surface area contributed by atoms with E-state index in [1.54, 1.807) is 23.7 Å². The van der Waals surface area contributed by atoms with Crippen LogP contribution in [0.3, 0.4) is 0 Å². The molecule has 84 valence electrons. The van der Waals surface area contributed by atoms with Crippen LogP contribution in [0.25, 0.3) is 10.2 Å². The van der Waals surface area contributed by atoms with Gasteiger partial charge in [0.2, 0.25) is 0 Å². The molecule has 2 aromatic heterocycles. The highest BCUT2D eigenvalue weighted by Gasteiger charge is 2.11. The normalized spacial score (nSPS) is 10.6. The van der Waals surface area contributed by atoms with Crippen molar-refractivity contribution in [3.8, 4) is 0 Å². The third-order valence-corrected chi connectivity index (χ3v) is 3.08. The third kappa shape index (κ3) is 2.05. The Kier molecular flexibility index (Phi) is 3.48. The summed E-state index contributed by atoms with van der Waals surface area (Å²) in [5.41, 5.74) is 0. The van der Waals surface area contributed by atoms with Crippen molar-refractivity contribution in [2.45, 2.75) is 0 Å². The molecule has 4 nitrogen and oxygen atoms in total. The second-order valence-corrected chi connectivity index (χ2v) is 4.19. The Morgan fingerprint density at radius 1 is 1.50 bits per heavy atom. The lowest BCUT2D eigenvalue weighted by atomic mass is 10.3. The minimum absolute atomic E-state index is 0.101. The number of aliphatic hydroxyl groups excluding tert-OH is 1. The summed E-state index contributed by atoms with van der Waals surface area (Å²) >= 11 is 1.59. The molecular formula is C11H13N3OS. The van der Waals surface area contributed by atoms with Gasteiger partial charge in [-0.25, -0.2) is 9.97 Å². The lowest BCUT2D eigenvalue weighted by Crippen LogP contribution is -2.27. The highest BCUT2D eigenvalue weighted by molar-refractivity contribution is 7.16. The van der Waals surface area contributed by atoms with Crippen molar-refractivity contribution in [1.82, 2.24) is 9.97 Å². The van der Waals surface area contributed by atoms with Gasteiger partial charge in [0.05, 0.1) is 12.0 Å². The van der Waals surface area contributed by atoms with E-state index in [4.69, 9.17) is 5.11 Å². The molecular weight excluding hydrogens is 222 g/mol. The van der Waals surface area contributed by atoms with E-state index in [1.807, 2.05) is 16.3 Å². The zero-order chi connectivity index (χ0) is 11.4. The Balaban J connectivity index is 2.42. The summed E-state index contributed by atoms with van der Waals surface area (Å²) in [6.07, 6.45) is 3.36. The second-order valence-electron chi connectivity index (χ2n) is 3.30. The van der Waals surface area contributed by atoms with E-state index < -0.39 is 0 Å². The number of aliphatic hydroxyl groups is 1. The monoisotopic (exact) mass is 235 g/mol. The first-order valence-corrected chi connectivity index (χ1v) is 5.89. The Bertz CT molecular complexity index is 483. The minimum atomic E-state index is 0.101. The third-order valence-electron chi connectivity index (χ3n) is 2.26. The topological polar surface area (TPSA) is 49.2 Å². The first-order chi connectivity index (χ1) is 7.86. The van der Waals surface area contributed by atoms with Crippen LogP contribution in [0, 0.1) is 0 Å². The molecule has 0 saturated heterocycles. The minimum Gasteiger partial charge on any atom is -0.395 e. The largest absolute Gasteiger partial charge is 0.395 e. The fourth-order valence-electron chi connectivity index (χ4n) is 1.59. The molecule has 0 saturated carbocycles. The van der Waals surface area contributed by atoms with Gasteiger partial charge in [-0.05, 0) is 11.4 Å². The van der Waals surface area contributed by atoms with Crippen molar-refractivity contribution in [3.63, 3.8) is 0 Å². The van der Waals surface area contributed by atoms with Gasteiger partial charge in [0.25, 0.3) is 0 Å². The fraction of sp³-hybridized carbons (Fsp3) is 0.273. The van der Waals surface area contributed by atoms with Gasteiger partial charge >= 0.3 is 0 Å². The second kappa shape index (κ2) is 5.05. The molecule has 0 bridgehead atoms. The van der Waals surface area contributed by atoms with E-state index in [-0.39, 0.29) is 6.61 Å². The Morgan fingerprint density at radius 2 is 2.38 bits per heavy atom. The average molecular weight is 235 g/mol. The van der Waals surface area contributed by atoms with E-state index in [2.05, 4.69) is 16.5 Å². The molecule has 1 N–H and O–H groups in total. The van der Waals surface area contributed by atoms with Gasteiger partial charge in [-0.3, -0.25) is 0 Å². The van der Waals surface area contributed by atoms with Crippen molar-refractivity contribution in [1.29, 1.82) is 0 Å². The maximum absolute atomic E-state index is 9.03. The summed E-state index contributed by atoms with van der Waals surface area (Å²) < 4.78 is 0. The van der Waals surface area contributed by atoms with Crippen molar-refractivity contribution >= 4 is 27.4 Å². The van der Waals surface area contributed by atoms with Gasteiger partial charge in [0, 0.05) is 13.1 Å².